The van der Waals surface area contributed by atoms with Crippen LogP contribution in [-0.4, -0.2) is 35.6 Å². The van der Waals surface area contributed by atoms with E-state index in [4.69, 9.17) is 21.7 Å². The first-order valence-electron chi connectivity index (χ1n) is 6.06. The Balaban J connectivity index is 2.02. The number of hydrogen-bond donors (Lipinski definition) is 2. The Morgan fingerprint density at radius 2 is 1.95 bits per heavy atom. The second kappa shape index (κ2) is 6.77. The Labute approximate surface area is 131 Å². The number of rotatable bonds is 5. The third-order valence-corrected chi connectivity index (χ3v) is 4.15. The molecule has 0 radical (unpaired) electrons. The average Bonchev–Trinajstić information content (AvgIpc) is 2.76. The van der Waals surface area contributed by atoms with Gasteiger partial charge in [-0.15, -0.1) is 0 Å². The van der Waals surface area contributed by atoms with Crippen molar-refractivity contribution in [3.63, 3.8) is 0 Å². The molecule has 2 rings (SSSR count). The highest BCUT2D eigenvalue weighted by molar-refractivity contribution is 8.24. The summed E-state index contributed by atoms with van der Waals surface area (Å²) >= 11 is 6.08. The van der Waals surface area contributed by atoms with Gasteiger partial charge in [0.1, 0.15) is 15.8 Å². The van der Waals surface area contributed by atoms with Gasteiger partial charge >= 0.3 is 0 Å². The SMILES string of the molecule is COc1cc(NC(=O)C[C@H]2SC(=S)NC2=O)cc(OC)c1. The molecule has 1 heterocycles. The second-order valence-electron chi connectivity index (χ2n) is 4.24. The largest absolute Gasteiger partial charge is 0.497 e. The Kier molecular flexibility index (Phi) is 5.03. The highest BCUT2D eigenvalue weighted by atomic mass is 32.2. The van der Waals surface area contributed by atoms with E-state index in [9.17, 15) is 9.59 Å². The van der Waals surface area contributed by atoms with Gasteiger partial charge in [0, 0.05) is 30.3 Å². The first-order valence-corrected chi connectivity index (χ1v) is 7.35. The molecule has 1 aromatic carbocycles. The standard InChI is InChI=1S/C13H14N2O4S2/c1-18-8-3-7(4-9(5-8)19-2)14-11(16)6-10-12(17)15-13(20)21-10/h3-5,10H,6H2,1-2H3,(H,14,16)(H,15,17,20)/t10-/m1/s1. The quantitative estimate of drug-likeness (QED) is 0.800. The van der Waals surface area contributed by atoms with Crippen molar-refractivity contribution in [2.24, 2.45) is 0 Å². The molecule has 6 nitrogen and oxygen atoms in total. The van der Waals surface area contributed by atoms with Crippen molar-refractivity contribution < 1.29 is 19.1 Å². The Hall–Kier alpha value is -1.80. The fraction of sp³-hybridized carbons (Fsp3) is 0.308. The zero-order valence-electron chi connectivity index (χ0n) is 11.5. The van der Waals surface area contributed by atoms with Gasteiger partial charge in [-0.1, -0.05) is 24.0 Å². The summed E-state index contributed by atoms with van der Waals surface area (Å²) in [5, 5.41) is 4.74. The monoisotopic (exact) mass is 326 g/mol. The number of nitrogens with one attached hydrogen (secondary N) is 2. The second-order valence-corrected chi connectivity index (χ2v) is 6.12. The molecule has 1 atom stereocenters. The topological polar surface area (TPSA) is 76.7 Å². The molecule has 0 spiro atoms. The molecule has 1 fully saturated rings. The summed E-state index contributed by atoms with van der Waals surface area (Å²) < 4.78 is 10.7. The molecule has 0 aliphatic carbocycles. The van der Waals surface area contributed by atoms with Crippen LogP contribution in [0.5, 0.6) is 11.5 Å². The number of carbonyl (C=O) groups is 2. The van der Waals surface area contributed by atoms with Crippen LogP contribution in [0.4, 0.5) is 5.69 Å². The number of anilines is 1. The molecule has 0 unspecified atom stereocenters. The lowest BCUT2D eigenvalue weighted by Gasteiger charge is -2.10. The van der Waals surface area contributed by atoms with Crippen molar-refractivity contribution in [1.29, 1.82) is 0 Å². The van der Waals surface area contributed by atoms with Gasteiger partial charge in [0.25, 0.3) is 0 Å². The van der Waals surface area contributed by atoms with Crippen molar-refractivity contribution >= 4 is 45.8 Å². The van der Waals surface area contributed by atoms with E-state index in [0.29, 0.717) is 21.5 Å². The number of thiocarbonyl (C=S) groups is 1. The van der Waals surface area contributed by atoms with Crippen molar-refractivity contribution in [3.05, 3.63) is 18.2 Å². The normalized spacial score (nSPS) is 17.3. The summed E-state index contributed by atoms with van der Waals surface area (Å²) in [5.41, 5.74) is 0.544. The van der Waals surface area contributed by atoms with Crippen molar-refractivity contribution in [2.45, 2.75) is 11.7 Å². The Bertz CT molecular complexity index is 569. The molecule has 0 aromatic heterocycles. The third-order valence-electron chi connectivity index (χ3n) is 2.77. The van der Waals surface area contributed by atoms with Crippen LogP contribution < -0.4 is 20.1 Å². The van der Waals surface area contributed by atoms with Gasteiger partial charge in [-0.05, 0) is 0 Å². The highest BCUT2D eigenvalue weighted by Crippen LogP contribution is 2.27. The van der Waals surface area contributed by atoms with Crippen LogP contribution in [0.2, 0.25) is 0 Å². The van der Waals surface area contributed by atoms with E-state index >= 15 is 0 Å². The molecule has 1 aliphatic heterocycles. The van der Waals surface area contributed by atoms with Gasteiger partial charge in [0.05, 0.1) is 19.5 Å². The third kappa shape index (κ3) is 4.08. The van der Waals surface area contributed by atoms with Crippen LogP contribution in [0, 0.1) is 0 Å². The Morgan fingerprint density at radius 1 is 1.33 bits per heavy atom. The zero-order chi connectivity index (χ0) is 15.4. The molecular formula is C13H14N2O4S2. The maximum Gasteiger partial charge on any atom is 0.239 e. The van der Waals surface area contributed by atoms with Gasteiger partial charge in [0.15, 0.2) is 0 Å². The van der Waals surface area contributed by atoms with Crippen LogP contribution in [0.25, 0.3) is 0 Å². The predicted octanol–water partition coefficient (Wildman–Crippen LogP) is 1.55. The number of benzene rings is 1. The average molecular weight is 326 g/mol. The fourth-order valence-electron chi connectivity index (χ4n) is 1.79. The number of thioether (sulfide) groups is 1. The molecular weight excluding hydrogens is 312 g/mol. The molecule has 1 saturated heterocycles. The first-order chi connectivity index (χ1) is 10.0. The number of carbonyl (C=O) groups excluding carboxylic acids is 2. The van der Waals surface area contributed by atoms with Crippen molar-refractivity contribution in [1.82, 2.24) is 5.32 Å². The number of ether oxygens (including phenoxy) is 2. The minimum atomic E-state index is -0.481. The van der Waals surface area contributed by atoms with E-state index in [-0.39, 0.29) is 18.2 Å². The maximum absolute atomic E-state index is 12.0. The minimum Gasteiger partial charge on any atom is -0.497 e. The predicted molar refractivity (Wildman–Crippen MR) is 84.9 cm³/mol. The number of amides is 2. The maximum atomic E-state index is 12.0. The van der Waals surface area contributed by atoms with Crippen molar-refractivity contribution in [2.75, 3.05) is 19.5 Å². The zero-order valence-corrected chi connectivity index (χ0v) is 13.1. The van der Waals surface area contributed by atoms with E-state index < -0.39 is 5.25 Å². The fourth-order valence-corrected chi connectivity index (χ4v) is 3.06. The van der Waals surface area contributed by atoms with Crippen LogP contribution >= 0.6 is 24.0 Å². The number of hydrogen-bond acceptors (Lipinski definition) is 6. The van der Waals surface area contributed by atoms with E-state index in [2.05, 4.69) is 10.6 Å². The van der Waals surface area contributed by atoms with Crippen LogP contribution in [-0.2, 0) is 9.59 Å². The summed E-state index contributed by atoms with van der Waals surface area (Å²) in [6.07, 6.45) is 0.0518. The lowest BCUT2D eigenvalue weighted by Crippen LogP contribution is -2.27. The summed E-state index contributed by atoms with van der Waals surface area (Å²) in [5.74, 6) is 0.628. The minimum absolute atomic E-state index is 0.0518. The molecule has 8 heteroatoms. The summed E-state index contributed by atoms with van der Waals surface area (Å²) in [4.78, 5) is 23.5. The molecule has 1 aliphatic rings. The van der Waals surface area contributed by atoms with Gasteiger partial charge in [-0.3, -0.25) is 9.59 Å². The van der Waals surface area contributed by atoms with Crippen LogP contribution in [0.15, 0.2) is 18.2 Å². The lowest BCUT2D eigenvalue weighted by molar-refractivity contribution is -0.122. The molecule has 112 valence electrons. The van der Waals surface area contributed by atoms with Gasteiger partial charge in [0.2, 0.25) is 11.8 Å². The molecule has 2 N–H and O–H groups in total. The smallest absolute Gasteiger partial charge is 0.239 e. The van der Waals surface area contributed by atoms with Crippen LogP contribution in [0.1, 0.15) is 6.42 Å². The summed E-state index contributed by atoms with van der Waals surface area (Å²) in [6.45, 7) is 0. The lowest BCUT2D eigenvalue weighted by atomic mass is 10.2. The van der Waals surface area contributed by atoms with Gasteiger partial charge in [-0.25, -0.2) is 0 Å². The van der Waals surface area contributed by atoms with E-state index in [0.717, 1.165) is 0 Å². The molecule has 21 heavy (non-hydrogen) atoms. The van der Waals surface area contributed by atoms with Gasteiger partial charge in [-0.2, -0.15) is 0 Å². The molecule has 2 amide bonds. The van der Waals surface area contributed by atoms with E-state index in [1.807, 2.05) is 0 Å². The van der Waals surface area contributed by atoms with Gasteiger partial charge < -0.3 is 20.1 Å². The number of methoxy groups -OCH3 is 2. The van der Waals surface area contributed by atoms with E-state index in [1.54, 1.807) is 18.2 Å². The van der Waals surface area contributed by atoms with Crippen LogP contribution in [0.3, 0.4) is 0 Å². The Morgan fingerprint density at radius 3 is 2.43 bits per heavy atom. The molecule has 1 aromatic rings. The summed E-state index contributed by atoms with van der Waals surface area (Å²) in [7, 11) is 3.06. The van der Waals surface area contributed by atoms with E-state index in [1.165, 1.54) is 26.0 Å². The first kappa shape index (κ1) is 15.6. The molecule has 0 bridgehead atoms. The molecule has 0 saturated carbocycles. The van der Waals surface area contributed by atoms with Crippen molar-refractivity contribution in [3.8, 4) is 11.5 Å². The highest BCUT2D eigenvalue weighted by Gasteiger charge is 2.30. The summed E-state index contributed by atoms with van der Waals surface area (Å²) in [6, 6.07) is 5.05.